The maximum absolute atomic E-state index is 12.5. The molecule has 2 fully saturated rings. The van der Waals surface area contributed by atoms with Crippen molar-refractivity contribution < 1.29 is 19.4 Å². The predicted octanol–water partition coefficient (Wildman–Crippen LogP) is 3.86. The molecule has 0 radical (unpaired) electrons. The fraction of sp³-hybridized carbons (Fsp3) is 0.464. The lowest BCUT2D eigenvalue weighted by molar-refractivity contribution is 0.0403. The number of morpholine rings is 1. The molecule has 2 aromatic carbocycles. The molecular weight excluding hydrogens is 472 g/mol. The SMILES string of the molecule is CN(C(=O)N1CCOCC1)C1CCCCC1.COc1cc2ncn(Cc3ccccc3)c(=O)c2cc1O. The van der Waals surface area contributed by atoms with E-state index in [4.69, 9.17) is 9.47 Å². The van der Waals surface area contributed by atoms with Gasteiger partial charge in [0.1, 0.15) is 0 Å². The van der Waals surface area contributed by atoms with Crippen molar-refractivity contribution in [3.8, 4) is 11.5 Å². The normalized spacial score (nSPS) is 16.1. The number of hydrogen-bond acceptors (Lipinski definition) is 6. The van der Waals surface area contributed by atoms with Gasteiger partial charge in [-0.3, -0.25) is 9.36 Å². The van der Waals surface area contributed by atoms with Crippen LogP contribution >= 0.6 is 0 Å². The number of carbonyl (C=O) groups excluding carboxylic acids is 1. The first-order chi connectivity index (χ1) is 18.0. The number of phenols is 1. The van der Waals surface area contributed by atoms with Gasteiger partial charge in [0, 0.05) is 32.2 Å². The average Bonchev–Trinajstić information content (AvgIpc) is 2.95. The van der Waals surface area contributed by atoms with Crippen molar-refractivity contribution in [1.82, 2.24) is 19.4 Å². The van der Waals surface area contributed by atoms with E-state index in [1.165, 1.54) is 56.2 Å². The number of aromatic hydroxyl groups is 1. The highest BCUT2D eigenvalue weighted by molar-refractivity contribution is 5.81. The molecule has 1 aliphatic carbocycles. The number of phenolic OH excluding ortho intramolecular Hbond substituents is 1. The number of urea groups is 1. The highest BCUT2D eigenvalue weighted by Crippen LogP contribution is 2.28. The third kappa shape index (κ3) is 6.60. The molecule has 0 atom stereocenters. The summed E-state index contributed by atoms with van der Waals surface area (Å²) in [5, 5.41) is 10.2. The Morgan fingerprint density at radius 2 is 1.84 bits per heavy atom. The summed E-state index contributed by atoms with van der Waals surface area (Å²) in [4.78, 5) is 32.8. The van der Waals surface area contributed by atoms with Gasteiger partial charge in [-0.1, -0.05) is 49.6 Å². The van der Waals surface area contributed by atoms with E-state index in [0.717, 1.165) is 18.7 Å². The van der Waals surface area contributed by atoms with Crippen LogP contribution in [0.2, 0.25) is 0 Å². The molecule has 1 N–H and O–H groups in total. The number of hydrogen-bond donors (Lipinski definition) is 1. The zero-order chi connectivity index (χ0) is 26.2. The molecule has 2 heterocycles. The summed E-state index contributed by atoms with van der Waals surface area (Å²) in [6.45, 7) is 3.30. The van der Waals surface area contributed by atoms with Gasteiger partial charge in [0.15, 0.2) is 11.5 Å². The number of nitrogens with zero attached hydrogens (tertiary/aromatic N) is 4. The van der Waals surface area contributed by atoms with E-state index in [0.29, 0.717) is 42.5 Å². The Morgan fingerprint density at radius 3 is 2.51 bits per heavy atom. The van der Waals surface area contributed by atoms with Gasteiger partial charge in [0.25, 0.3) is 5.56 Å². The van der Waals surface area contributed by atoms with Crippen LogP contribution < -0.4 is 10.3 Å². The van der Waals surface area contributed by atoms with E-state index < -0.39 is 0 Å². The number of carbonyl (C=O) groups is 1. The standard InChI is InChI=1S/C16H14N2O3.C12H22N2O2/c1-21-15-8-13-12(7-14(15)19)16(20)18(10-17-13)9-11-5-3-2-4-6-11;1-13(11-5-3-2-4-6-11)12(15)14-7-9-16-10-8-14/h2-8,10,19H,9H2,1H3;11H,2-10H2,1H3. The molecule has 5 rings (SSSR count). The molecule has 3 aromatic rings. The van der Waals surface area contributed by atoms with E-state index in [1.807, 2.05) is 47.2 Å². The number of amides is 2. The monoisotopic (exact) mass is 508 g/mol. The van der Waals surface area contributed by atoms with Crippen LogP contribution in [0.4, 0.5) is 4.79 Å². The highest BCUT2D eigenvalue weighted by Gasteiger charge is 2.26. The van der Waals surface area contributed by atoms with Crippen LogP contribution in [0.5, 0.6) is 11.5 Å². The van der Waals surface area contributed by atoms with Crippen LogP contribution in [0.1, 0.15) is 37.7 Å². The van der Waals surface area contributed by atoms with Crippen molar-refractivity contribution in [3.63, 3.8) is 0 Å². The Hall–Kier alpha value is -3.59. The number of ether oxygens (including phenoxy) is 2. The van der Waals surface area contributed by atoms with E-state index >= 15 is 0 Å². The summed E-state index contributed by atoms with van der Waals surface area (Å²) in [6.07, 6.45) is 7.72. The fourth-order valence-electron chi connectivity index (χ4n) is 4.83. The van der Waals surface area contributed by atoms with Crippen LogP contribution in [-0.2, 0) is 11.3 Å². The Kier molecular flexibility index (Phi) is 9.00. The Balaban J connectivity index is 0.000000180. The van der Waals surface area contributed by atoms with Crippen molar-refractivity contribution >= 4 is 16.9 Å². The number of aromatic nitrogens is 2. The van der Waals surface area contributed by atoms with Crippen LogP contribution in [0.25, 0.3) is 10.9 Å². The maximum Gasteiger partial charge on any atom is 0.320 e. The minimum Gasteiger partial charge on any atom is -0.504 e. The summed E-state index contributed by atoms with van der Waals surface area (Å²) in [7, 11) is 3.41. The maximum atomic E-state index is 12.5. The molecular formula is C28H36N4O5. The van der Waals surface area contributed by atoms with Crippen molar-refractivity contribution in [2.75, 3.05) is 40.5 Å². The summed E-state index contributed by atoms with van der Waals surface area (Å²) >= 11 is 0. The third-order valence-electron chi connectivity index (χ3n) is 7.03. The first-order valence-electron chi connectivity index (χ1n) is 12.9. The minimum absolute atomic E-state index is 0.0682. The molecule has 37 heavy (non-hydrogen) atoms. The summed E-state index contributed by atoms with van der Waals surface area (Å²) in [5.74, 6) is 0.233. The molecule has 2 amide bonds. The Morgan fingerprint density at radius 1 is 1.14 bits per heavy atom. The van der Waals surface area contributed by atoms with Gasteiger partial charge in [-0.05, 0) is 24.5 Å². The number of benzene rings is 2. The number of methoxy groups -OCH3 is 1. The number of fused-ring (bicyclic) bond motifs is 1. The van der Waals surface area contributed by atoms with Gasteiger partial charge in [-0.15, -0.1) is 0 Å². The predicted molar refractivity (Wildman–Crippen MR) is 142 cm³/mol. The van der Waals surface area contributed by atoms with Crippen molar-refractivity contribution in [2.24, 2.45) is 0 Å². The first kappa shape index (κ1) is 26.5. The quantitative estimate of drug-likeness (QED) is 0.575. The largest absolute Gasteiger partial charge is 0.504 e. The smallest absolute Gasteiger partial charge is 0.320 e. The molecule has 0 spiro atoms. The zero-order valence-corrected chi connectivity index (χ0v) is 21.6. The molecule has 0 unspecified atom stereocenters. The lowest BCUT2D eigenvalue weighted by Crippen LogP contribution is -2.50. The zero-order valence-electron chi connectivity index (χ0n) is 21.6. The topological polar surface area (TPSA) is 97.1 Å². The summed E-state index contributed by atoms with van der Waals surface area (Å²) < 4.78 is 11.8. The van der Waals surface area contributed by atoms with Gasteiger partial charge in [0.2, 0.25) is 0 Å². The summed E-state index contributed by atoms with van der Waals surface area (Å²) in [6, 6.07) is 13.3. The van der Waals surface area contributed by atoms with Gasteiger partial charge < -0.3 is 24.4 Å². The van der Waals surface area contributed by atoms with E-state index in [1.54, 1.807) is 6.07 Å². The molecule has 1 saturated heterocycles. The average molecular weight is 509 g/mol. The minimum atomic E-state index is -0.193. The van der Waals surface area contributed by atoms with Gasteiger partial charge in [-0.25, -0.2) is 9.78 Å². The molecule has 2 aliphatic rings. The Bertz CT molecular complexity index is 1230. The molecule has 1 aromatic heterocycles. The molecule has 0 bridgehead atoms. The van der Waals surface area contributed by atoms with Crippen molar-refractivity contribution in [1.29, 1.82) is 0 Å². The van der Waals surface area contributed by atoms with Gasteiger partial charge in [0.05, 0.1) is 44.1 Å². The van der Waals surface area contributed by atoms with Crippen LogP contribution in [0.3, 0.4) is 0 Å². The third-order valence-corrected chi connectivity index (χ3v) is 7.03. The van der Waals surface area contributed by atoms with E-state index in [9.17, 15) is 14.7 Å². The lowest BCUT2D eigenvalue weighted by Gasteiger charge is -2.36. The number of rotatable bonds is 4. The van der Waals surface area contributed by atoms with Crippen LogP contribution in [-0.4, -0.2) is 77.0 Å². The summed E-state index contributed by atoms with van der Waals surface area (Å²) in [5.41, 5.74) is 1.32. The fourth-order valence-corrected chi connectivity index (χ4v) is 4.83. The van der Waals surface area contributed by atoms with Gasteiger partial charge >= 0.3 is 6.03 Å². The second-order valence-corrected chi connectivity index (χ2v) is 9.49. The molecule has 9 heteroatoms. The van der Waals surface area contributed by atoms with Gasteiger partial charge in [-0.2, -0.15) is 0 Å². The second kappa shape index (κ2) is 12.6. The van der Waals surface area contributed by atoms with Crippen molar-refractivity contribution in [3.05, 3.63) is 64.7 Å². The van der Waals surface area contributed by atoms with Crippen molar-refractivity contribution in [2.45, 2.75) is 44.7 Å². The second-order valence-electron chi connectivity index (χ2n) is 9.49. The highest BCUT2D eigenvalue weighted by atomic mass is 16.5. The van der Waals surface area contributed by atoms with Crippen LogP contribution in [0.15, 0.2) is 53.6 Å². The molecule has 1 aliphatic heterocycles. The molecule has 9 nitrogen and oxygen atoms in total. The molecule has 1 saturated carbocycles. The first-order valence-corrected chi connectivity index (χ1v) is 12.9. The van der Waals surface area contributed by atoms with Crippen LogP contribution in [0, 0.1) is 0 Å². The lowest BCUT2D eigenvalue weighted by atomic mass is 9.95. The Labute approximate surface area is 217 Å². The molecule has 198 valence electrons. The van der Waals surface area contributed by atoms with E-state index in [2.05, 4.69) is 4.98 Å². The van der Waals surface area contributed by atoms with E-state index in [-0.39, 0.29) is 17.3 Å².